The Bertz CT molecular complexity index is 677. The Hall–Kier alpha value is -2.31. The summed E-state index contributed by atoms with van der Waals surface area (Å²) in [6.45, 7) is 3.99. The highest BCUT2D eigenvalue weighted by molar-refractivity contribution is 5.94. The summed E-state index contributed by atoms with van der Waals surface area (Å²) < 4.78 is 40.3. The molecule has 1 amide bonds. The molecule has 0 radical (unpaired) electrons. The van der Waals surface area contributed by atoms with Gasteiger partial charge in [0.2, 0.25) is 0 Å². The van der Waals surface area contributed by atoms with Gasteiger partial charge in [-0.05, 0) is 25.5 Å². The van der Waals surface area contributed by atoms with Crippen molar-refractivity contribution in [1.29, 1.82) is 0 Å². The summed E-state index contributed by atoms with van der Waals surface area (Å²) in [6.07, 6.45) is -2.86. The van der Waals surface area contributed by atoms with Crippen LogP contribution < -0.4 is 5.32 Å². The smallest absolute Gasteiger partial charge is 0.348 e. The van der Waals surface area contributed by atoms with E-state index in [0.717, 1.165) is 6.07 Å². The van der Waals surface area contributed by atoms with Gasteiger partial charge < -0.3 is 5.32 Å². The number of aromatic nitrogens is 2. The average Bonchev–Trinajstić information content (AvgIpc) is 2.85. The Morgan fingerprint density at radius 3 is 2.59 bits per heavy atom. The van der Waals surface area contributed by atoms with Crippen LogP contribution in [0.25, 0.3) is 0 Å². The van der Waals surface area contributed by atoms with Gasteiger partial charge >= 0.3 is 6.18 Å². The molecule has 1 aromatic heterocycles. The molecule has 0 saturated carbocycles. The van der Waals surface area contributed by atoms with Crippen LogP contribution in [-0.4, -0.2) is 15.7 Å². The van der Waals surface area contributed by atoms with Gasteiger partial charge in [-0.2, -0.15) is 18.3 Å². The van der Waals surface area contributed by atoms with E-state index in [1.807, 2.05) is 6.92 Å². The van der Waals surface area contributed by atoms with Gasteiger partial charge in [0.15, 0.2) is 0 Å². The summed E-state index contributed by atoms with van der Waals surface area (Å²) in [5, 5.41) is 6.65. The number of carbonyl (C=O) groups excluding carboxylic acids is 1. The average molecular weight is 311 g/mol. The molecule has 1 aromatic carbocycles. The lowest BCUT2D eigenvalue weighted by Crippen LogP contribution is -2.24. The van der Waals surface area contributed by atoms with Gasteiger partial charge in [0.25, 0.3) is 5.91 Å². The molecule has 118 valence electrons. The number of amides is 1. The highest BCUT2D eigenvalue weighted by Gasteiger charge is 2.32. The third kappa shape index (κ3) is 3.47. The van der Waals surface area contributed by atoms with E-state index in [-0.39, 0.29) is 12.1 Å². The second-order valence-electron chi connectivity index (χ2n) is 4.82. The van der Waals surface area contributed by atoms with E-state index >= 15 is 0 Å². The maximum atomic E-state index is 12.9. The molecule has 1 heterocycles. The normalized spacial score (nSPS) is 11.5. The van der Waals surface area contributed by atoms with Crippen LogP contribution in [0.1, 0.15) is 34.1 Å². The first-order chi connectivity index (χ1) is 10.3. The van der Waals surface area contributed by atoms with Crippen molar-refractivity contribution >= 4 is 5.91 Å². The number of nitrogens with one attached hydrogen (secondary N) is 1. The Morgan fingerprint density at radius 1 is 1.32 bits per heavy atom. The van der Waals surface area contributed by atoms with Crippen LogP contribution in [0.3, 0.4) is 0 Å². The van der Waals surface area contributed by atoms with Crippen LogP contribution in [-0.2, 0) is 19.3 Å². The molecule has 2 aromatic rings. The maximum absolute atomic E-state index is 12.9. The Kier molecular flexibility index (Phi) is 4.54. The predicted molar refractivity (Wildman–Crippen MR) is 75.3 cm³/mol. The summed E-state index contributed by atoms with van der Waals surface area (Å²) in [5.41, 5.74) is 0.204. The highest BCUT2D eigenvalue weighted by atomic mass is 19.4. The largest absolute Gasteiger partial charge is 0.416 e. The first kappa shape index (κ1) is 16.1. The van der Waals surface area contributed by atoms with E-state index in [1.54, 1.807) is 17.8 Å². The van der Waals surface area contributed by atoms with E-state index in [0.29, 0.717) is 17.8 Å². The van der Waals surface area contributed by atoms with Crippen molar-refractivity contribution < 1.29 is 18.0 Å². The SMILES string of the molecule is CCn1cc(C(=O)NCc2ccccc2C(F)(F)F)c(C)n1. The van der Waals surface area contributed by atoms with Crippen LogP contribution in [0, 0.1) is 6.92 Å². The molecule has 0 saturated heterocycles. The van der Waals surface area contributed by atoms with Crippen molar-refractivity contribution in [3.05, 3.63) is 52.8 Å². The van der Waals surface area contributed by atoms with E-state index in [9.17, 15) is 18.0 Å². The lowest BCUT2D eigenvalue weighted by Gasteiger charge is -2.13. The second kappa shape index (κ2) is 6.21. The van der Waals surface area contributed by atoms with Gasteiger partial charge in [-0.1, -0.05) is 18.2 Å². The lowest BCUT2D eigenvalue weighted by atomic mass is 10.1. The number of carbonyl (C=O) groups is 1. The van der Waals surface area contributed by atoms with Gasteiger partial charge in [0.1, 0.15) is 0 Å². The van der Waals surface area contributed by atoms with Gasteiger partial charge in [-0.25, -0.2) is 0 Å². The Balaban J connectivity index is 2.13. The molecule has 7 heteroatoms. The molecule has 0 aliphatic heterocycles. The van der Waals surface area contributed by atoms with E-state index < -0.39 is 17.6 Å². The fraction of sp³-hybridized carbons (Fsp3) is 0.333. The zero-order valence-electron chi connectivity index (χ0n) is 12.2. The third-order valence-corrected chi connectivity index (χ3v) is 3.28. The predicted octanol–water partition coefficient (Wildman–Crippen LogP) is 3.16. The van der Waals surface area contributed by atoms with Crippen molar-refractivity contribution in [2.45, 2.75) is 33.1 Å². The molecule has 0 atom stereocenters. The molecule has 1 N–H and O–H groups in total. The minimum atomic E-state index is -4.44. The van der Waals surface area contributed by atoms with E-state index in [1.165, 1.54) is 18.2 Å². The molecule has 2 rings (SSSR count). The van der Waals surface area contributed by atoms with Crippen molar-refractivity contribution in [3.63, 3.8) is 0 Å². The first-order valence-corrected chi connectivity index (χ1v) is 6.80. The minimum absolute atomic E-state index is 0.0314. The molecule has 0 spiro atoms. The maximum Gasteiger partial charge on any atom is 0.416 e. The van der Waals surface area contributed by atoms with Crippen LogP contribution in [0.15, 0.2) is 30.5 Å². The van der Waals surface area contributed by atoms with E-state index in [2.05, 4.69) is 10.4 Å². The summed E-state index contributed by atoms with van der Waals surface area (Å²) in [7, 11) is 0. The van der Waals surface area contributed by atoms with Crippen molar-refractivity contribution in [3.8, 4) is 0 Å². The number of hydrogen-bond donors (Lipinski definition) is 1. The molecular weight excluding hydrogens is 295 g/mol. The molecule has 0 bridgehead atoms. The number of halogens is 3. The standard InChI is InChI=1S/C15H16F3N3O/c1-3-21-9-12(10(2)20-21)14(22)19-8-11-6-4-5-7-13(11)15(16,17)18/h4-7,9H,3,8H2,1-2H3,(H,19,22). The number of hydrogen-bond acceptors (Lipinski definition) is 2. The van der Waals surface area contributed by atoms with Gasteiger partial charge in [0, 0.05) is 19.3 Å². The van der Waals surface area contributed by atoms with Gasteiger partial charge in [0.05, 0.1) is 16.8 Å². The monoisotopic (exact) mass is 311 g/mol. The van der Waals surface area contributed by atoms with Crippen molar-refractivity contribution in [2.24, 2.45) is 0 Å². The minimum Gasteiger partial charge on any atom is -0.348 e. The summed E-state index contributed by atoms with van der Waals surface area (Å²) in [4.78, 5) is 12.1. The summed E-state index contributed by atoms with van der Waals surface area (Å²) >= 11 is 0. The molecular formula is C15H16F3N3O. The van der Waals surface area contributed by atoms with E-state index in [4.69, 9.17) is 0 Å². The van der Waals surface area contributed by atoms with Crippen molar-refractivity contribution in [2.75, 3.05) is 0 Å². The Morgan fingerprint density at radius 2 is 2.00 bits per heavy atom. The number of aryl methyl sites for hydroxylation is 2. The quantitative estimate of drug-likeness (QED) is 0.943. The lowest BCUT2D eigenvalue weighted by molar-refractivity contribution is -0.138. The van der Waals surface area contributed by atoms with Crippen molar-refractivity contribution in [1.82, 2.24) is 15.1 Å². The molecule has 0 fully saturated rings. The molecule has 4 nitrogen and oxygen atoms in total. The zero-order chi connectivity index (χ0) is 16.3. The molecule has 0 aliphatic carbocycles. The number of nitrogens with zero attached hydrogens (tertiary/aromatic N) is 2. The fourth-order valence-corrected chi connectivity index (χ4v) is 2.12. The molecule has 22 heavy (non-hydrogen) atoms. The summed E-state index contributed by atoms with van der Waals surface area (Å²) in [6, 6.07) is 5.19. The zero-order valence-corrected chi connectivity index (χ0v) is 12.2. The fourth-order valence-electron chi connectivity index (χ4n) is 2.12. The van der Waals surface area contributed by atoms with Gasteiger partial charge in [-0.3, -0.25) is 9.48 Å². The third-order valence-electron chi connectivity index (χ3n) is 3.28. The van der Waals surface area contributed by atoms with Gasteiger partial charge in [-0.15, -0.1) is 0 Å². The number of alkyl halides is 3. The van der Waals surface area contributed by atoms with Crippen LogP contribution in [0.4, 0.5) is 13.2 Å². The molecule has 0 unspecified atom stereocenters. The highest BCUT2D eigenvalue weighted by Crippen LogP contribution is 2.31. The first-order valence-electron chi connectivity index (χ1n) is 6.80. The Labute approximate surface area is 125 Å². The van der Waals surface area contributed by atoms with Crippen LogP contribution in [0.2, 0.25) is 0 Å². The number of benzene rings is 1. The van der Waals surface area contributed by atoms with Crippen LogP contribution >= 0.6 is 0 Å². The number of rotatable bonds is 4. The summed E-state index contributed by atoms with van der Waals surface area (Å²) in [5.74, 6) is -0.436. The molecule has 0 aliphatic rings. The van der Waals surface area contributed by atoms with Crippen LogP contribution in [0.5, 0.6) is 0 Å². The topological polar surface area (TPSA) is 46.9 Å². The second-order valence-corrected chi connectivity index (χ2v) is 4.82.